The minimum Gasteiger partial charge on any atom is -0.353 e. The van der Waals surface area contributed by atoms with Gasteiger partial charge in [0.25, 0.3) is 0 Å². The maximum atomic E-state index is 14.0. The molecule has 8 heteroatoms. The number of piperazine rings is 1. The molecule has 0 radical (unpaired) electrons. The molecule has 136 valence electrons. The Morgan fingerprint density at radius 1 is 1.00 bits per heavy atom. The number of rotatable bonds is 3. The molecule has 2 aliphatic rings. The Labute approximate surface area is 150 Å². The lowest BCUT2D eigenvalue weighted by Gasteiger charge is -2.37. The lowest BCUT2D eigenvalue weighted by molar-refractivity contribution is -0.121. The van der Waals surface area contributed by atoms with E-state index < -0.39 is 11.6 Å². The minimum absolute atomic E-state index is 0.234. The fourth-order valence-electron chi connectivity index (χ4n) is 3.69. The van der Waals surface area contributed by atoms with Crippen LogP contribution in [-0.4, -0.2) is 59.5 Å². The average Bonchev–Trinajstić information content (AvgIpc) is 3.04. The van der Waals surface area contributed by atoms with Gasteiger partial charge in [-0.05, 0) is 18.6 Å². The van der Waals surface area contributed by atoms with E-state index in [9.17, 15) is 13.6 Å². The highest BCUT2D eigenvalue weighted by Gasteiger charge is 2.39. The SMILES string of the molecule is O=C1C(N2CCN(c3cnccn3)CC2)CCN1c1c(F)cccc1F. The molecule has 2 aromatic rings. The lowest BCUT2D eigenvalue weighted by Crippen LogP contribution is -2.52. The Morgan fingerprint density at radius 2 is 1.73 bits per heavy atom. The van der Waals surface area contributed by atoms with Gasteiger partial charge in [-0.1, -0.05) is 6.07 Å². The first kappa shape index (κ1) is 16.8. The van der Waals surface area contributed by atoms with Crippen molar-refractivity contribution in [2.45, 2.75) is 12.5 Å². The van der Waals surface area contributed by atoms with Crippen molar-refractivity contribution in [3.05, 3.63) is 48.4 Å². The average molecular weight is 359 g/mol. The fourth-order valence-corrected chi connectivity index (χ4v) is 3.69. The molecule has 0 N–H and O–H groups in total. The number of amides is 1. The van der Waals surface area contributed by atoms with Crippen LogP contribution in [-0.2, 0) is 4.79 Å². The summed E-state index contributed by atoms with van der Waals surface area (Å²) in [5.41, 5.74) is -0.238. The van der Waals surface area contributed by atoms with E-state index >= 15 is 0 Å². The number of halogens is 2. The van der Waals surface area contributed by atoms with E-state index in [2.05, 4.69) is 19.8 Å². The van der Waals surface area contributed by atoms with E-state index in [1.807, 2.05) is 0 Å². The molecule has 1 aromatic carbocycles. The molecule has 0 aliphatic carbocycles. The van der Waals surface area contributed by atoms with Crippen LogP contribution < -0.4 is 9.80 Å². The van der Waals surface area contributed by atoms with Gasteiger partial charge in [-0.2, -0.15) is 0 Å². The topological polar surface area (TPSA) is 52.6 Å². The number of nitrogens with zero attached hydrogens (tertiary/aromatic N) is 5. The minimum atomic E-state index is -0.702. The highest BCUT2D eigenvalue weighted by molar-refractivity contribution is 5.99. The van der Waals surface area contributed by atoms with Gasteiger partial charge in [0.1, 0.15) is 23.1 Å². The summed E-state index contributed by atoms with van der Waals surface area (Å²) in [6.45, 7) is 3.18. The Morgan fingerprint density at radius 3 is 2.38 bits per heavy atom. The third-order valence-corrected chi connectivity index (χ3v) is 5.01. The highest BCUT2D eigenvalue weighted by Crippen LogP contribution is 2.29. The van der Waals surface area contributed by atoms with Crippen LogP contribution in [0.2, 0.25) is 0 Å². The highest BCUT2D eigenvalue weighted by atomic mass is 19.1. The van der Waals surface area contributed by atoms with Crippen LogP contribution in [0.1, 0.15) is 6.42 Å². The number of hydrogen-bond donors (Lipinski definition) is 0. The predicted molar refractivity (Wildman–Crippen MR) is 92.9 cm³/mol. The summed E-state index contributed by atoms with van der Waals surface area (Å²) in [5, 5.41) is 0. The third kappa shape index (κ3) is 3.01. The maximum Gasteiger partial charge on any atom is 0.244 e. The summed E-state index contributed by atoms with van der Waals surface area (Å²) < 4.78 is 28.0. The molecule has 26 heavy (non-hydrogen) atoms. The fraction of sp³-hybridized carbons (Fsp3) is 0.389. The van der Waals surface area contributed by atoms with E-state index in [4.69, 9.17) is 0 Å². The van der Waals surface area contributed by atoms with E-state index in [-0.39, 0.29) is 17.6 Å². The van der Waals surface area contributed by atoms with Crippen molar-refractivity contribution in [3.8, 4) is 0 Å². The third-order valence-electron chi connectivity index (χ3n) is 5.01. The van der Waals surface area contributed by atoms with E-state index in [1.54, 1.807) is 18.6 Å². The van der Waals surface area contributed by atoms with Gasteiger partial charge >= 0.3 is 0 Å². The predicted octanol–water partition coefficient (Wildman–Crippen LogP) is 1.68. The second-order valence-corrected chi connectivity index (χ2v) is 6.45. The summed E-state index contributed by atoms with van der Waals surface area (Å²) in [5.74, 6) is -0.820. The van der Waals surface area contributed by atoms with Crippen molar-refractivity contribution in [2.24, 2.45) is 0 Å². The molecular formula is C18H19F2N5O. The largest absolute Gasteiger partial charge is 0.353 e. The van der Waals surface area contributed by atoms with E-state index in [0.717, 1.165) is 18.9 Å². The van der Waals surface area contributed by atoms with Crippen LogP contribution in [0.15, 0.2) is 36.8 Å². The number of hydrogen-bond acceptors (Lipinski definition) is 5. The van der Waals surface area contributed by atoms with Gasteiger partial charge in [-0.15, -0.1) is 0 Å². The molecule has 1 aromatic heterocycles. The Bertz CT molecular complexity index is 775. The van der Waals surface area contributed by atoms with Crippen molar-refractivity contribution in [1.29, 1.82) is 0 Å². The zero-order valence-electron chi connectivity index (χ0n) is 14.2. The normalized spacial score (nSPS) is 21.5. The molecule has 1 unspecified atom stereocenters. The maximum absolute atomic E-state index is 14.0. The zero-order valence-corrected chi connectivity index (χ0v) is 14.2. The summed E-state index contributed by atoms with van der Waals surface area (Å²) in [6, 6.07) is 3.33. The second-order valence-electron chi connectivity index (χ2n) is 6.45. The second kappa shape index (κ2) is 6.95. The Balaban J connectivity index is 1.43. The molecule has 0 bridgehead atoms. The van der Waals surface area contributed by atoms with Crippen LogP contribution in [0, 0.1) is 11.6 Å². The first-order valence-electron chi connectivity index (χ1n) is 8.65. The molecule has 4 rings (SSSR count). The van der Waals surface area contributed by atoms with E-state index in [0.29, 0.717) is 26.1 Å². The van der Waals surface area contributed by atoms with Crippen LogP contribution in [0.25, 0.3) is 0 Å². The molecule has 2 saturated heterocycles. The van der Waals surface area contributed by atoms with Gasteiger partial charge in [-0.25, -0.2) is 13.8 Å². The summed E-state index contributed by atoms with van der Waals surface area (Å²) >= 11 is 0. The van der Waals surface area contributed by atoms with Crippen LogP contribution in [0.3, 0.4) is 0 Å². The number of aromatic nitrogens is 2. The molecule has 2 fully saturated rings. The number of carbonyl (C=O) groups is 1. The van der Waals surface area contributed by atoms with Crippen molar-refractivity contribution >= 4 is 17.4 Å². The quantitative estimate of drug-likeness (QED) is 0.835. The zero-order chi connectivity index (χ0) is 18.1. The smallest absolute Gasteiger partial charge is 0.244 e. The van der Waals surface area contributed by atoms with Gasteiger partial charge in [-0.3, -0.25) is 14.7 Å². The van der Waals surface area contributed by atoms with Crippen molar-refractivity contribution in [1.82, 2.24) is 14.9 Å². The lowest BCUT2D eigenvalue weighted by atomic mass is 10.2. The molecule has 6 nitrogen and oxygen atoms in total. The number of anilines is 2. The monoisotopic (exact) mass is 359 g/mol. The molecule has 0 saturated carbocycles. The van der Waals surface area contributed by atoms with Gasteiger partial charge in [0.05, 0.1) is 12.2 Å². The first-order chi connectivity index (χ1) is 12.6. The Kier molecular flexibility index (Phi) is 4.50. The van der Waals surface area contributed by atoms with E-state index in [1.165, 1.54) is 23.1 Å². The van der Waals surface area contributed by atoms with Crippen molar-refractivity contribution in [3.63, 3.8) is 0 Å². The number of benzene rings is 1. The Hall–Kier alpha value is -2.61. The molecular weight excluding hydrogens is 340 g/mol. The molecule has 2 aliphatic heterocycles. The molecule has 1 atom stereocenters. The summed E-state index contributed by atoms with van der Waals surface area (Å²) in [4.78, 5) is 26.6. The summed E-state index contributed by atoms with van der Waals surface area (Å²) in [7, 11) is 0. The van der Waals surface area contributed by atoms with Gasteiger partial charge in [0.15, 0.2) is 0 Å². The molecule has 1 amide bonds. The molecule has 3 heterocycles. The number of para-hydroxylation sites is 1. The van der Waals surface area contributed by atoms with Crippen LogP contribution in [0.4, 0.5) is 20.3 Å². The van der Waals surface area contributed by atoms with Gasteiger partial charge in [0, 0.05) is 45.1 Å². The first-order valence-corrected chi connectivity index (χ1v) is 8.65. The van der Waals surface area contributed by atoms with Gasteiger partial charge in [0.2, 0.25) is 5.91 Å². The van der Waals surface area contributed by atoms with Crippen LogP contribution in [0.5, 0.6) is 0 Å². The van der Waals surface area contributed by atoms with Crippen molar-refractivity contribution in [2.75, 3.05) is 42.5 Å². The summed E-state index contributed by atoms with van der Waals surface area (Å²) in [6.07, 6.45) is 5.58. The standard InChI is InChI=1S/C18H19F2N5O/c19-13-2-1-3-14(20)17(13)25-7-4-15(18(25)26)23-8-10-24(11-9-23)16-12-21-5-6-22-16/h1-3,5-6,12,15H,4,7-11H2. The van der Waals surface area contributed by atoms with Crippen LogP contribution >= 0.6 is 0 Å². The van der Waals surface area contributed by atoms with Gasteiger partial charge < -0.3 is 9.80 Å². The number of carbonyl (C=O) groups excluding carboxylic acids is 1. The van der Waals surface area contributed by atoms with Crippen molar-refractivity contribution < 1.29 is 13.6 Å². The molecule has 0 spiro atoms.